The van der Waals surface area contributed by atoms with Gasteiger partial charge in [0.05, 0.1) is 6.54 Å². The third-order valence-corrected chi connectivity index (χ3v) is 1.79. The number of aromatic hydroxyl groups is 2. The molecule has 0 aliphatic carbocycles. The molecule has 1 aromatic rings. The van der Waals surface area contributed by atoms with E-state index >= 15 is 0 Å². The number of hydrogen-bond acceptors (Lipinski definition) is 4. The smallest absolute Gasteiger partial charge is 0.420 e. The zero-order chi connectivity index (χ0) is 12.3. The molecule has 0 unspecified atom stereocenters. The summed E-state index contributed by atoms with van der Waals surface area (Å²) in [6.07, 6.45) is -3.67. The quantitative estimate of drug-likeness (QED) is 0.466. The minimum atomic E-state index is -4.79. The molecule has 1 aromatic carbocycles. The third-order valence-electron chi connectivity index (χ3n) is 1.79. The minimum Gasteiger partial charge on any atom is -0.508 e. The minimum absolute atomic E-state index is 0.296. The highest BCUT2D eigenvalue weighted by Gasteiger charge is 2.35. The zero-order valence-electron chi connectivity index (χ0n) is 7.75. The van der Waals surface area contributed by atoms with Crippen LogP contribution in [0.2, 0.25) is 0 Å². The Morgan fingerprint density at radius 2 is 1.94 bits per heavy atom. The Morgan fingerprint density at radius 3 is 2.44 bits per heavy atom. The molecule has 0 aromatic heterocycles. The van der Waals surface area contributed by atoms with Gasteiger partial charge in [-0.1, -0.05) is 0 Å². The molecule has 2 N–H and O–H groups in total. The van der Waals surface area contributed by atoms with Crippen LogP contribution in [0.1, 0.15) is 11.1 Å². The number of nitrogens with zero attached hydrogens (tertiary/aromatic N) is 1. The molecule has 0 radical (unpaired) electrons. The van der Waals surface area contributed by atoms with Crippen LogP contribution in [-0.4, -0.2) is 16.3 Å². The zero-order valence-corrected chi connectivity index (χ0v) is 7.75. The Morgan fingerprint density at radius 1 is 1.31 bits per heavy atom. The Kier molecular flexibility index (Phi) is 3.20. The van der Waals surface area contributed by atoms with Crippen LogP contribution >= 0.6 is 0 Å². The molecule has 0 saturated carbocycles. The van der Waals surface area contributed by atoms with E-state index in [2.05, 4.69) is 4.99 Å². The molecule has 0 aliphatic rings. The molecule has 16 heavy (non-hydrogen) atoms. The molecule has 0 atom stereocenters. The van der Waals surface area contributed by atoms with Crippen molar-refractivity contribution >= 4 is 6.08 Å². The molecule has 0 amide bonds. The van der Waals surface area contributed by atoms with E-state index in [1.807, 2.05) is 0 Å². The second-order valence-corrected chi connectivity index (χ2v) is 2.91. The molecule has 7 heteroatoms. The number of carbonyl (C=O) groups excluding carboxylic acids is 1. The lowest BCUT2D eigenvalue weighted by atomic mass is 10.1. The Bertz CT molecular complexity index is 450. The van der Waals surface area contributed by atoms with Gasteiger partial charge < -0.3 is 10.2 Å². The number of phenols is 2. The van der Waals surface area contributed by atoms with Gasteiger partial charge in [0.1, 0.15) is 17.1 Å². The molecule has 0 spiro atoms. The predicted octanol–water partition coefficient (Wildman–Crippen LogP) is 1.95. The Balaban J connectivity index is 3.31. The SMILES string of the molecule is O=C=NCc1cc(O)cc(C(F)(F)F)c1O. The first-order chi connectivity index (χ1) is 7.36. The van der Waals surface area contributed by atoms with E-state index in [1.54, 1.807) is 0 Å². The first kappa shape index (κ1) is 12.1. The topological polar surface area (TPSA) is 69.9 Å². The van der Waals surface area contributed by atoms with Crippen molar-refractivity contribution in [1.29, 1.82) is 0 Å². The molecule has 86 valence electrons. The lowest BCUT2D eigenvalue weighted by Crippen LogP contribution is -2.06. The van der Waals surface area contributed by atoms with E-state index < -0.39 is 29.8 Å². The van der Waals surface area contributed by atoms with Gasteiger partial charge in [-0.15, -0.1) is 0 Å². The van der Waals surface area contributed by atoms with Gasteiger partial charge in [0.15, 0.2) is 0 Å². The van der Waals surface area contributed by atoms with Gasteiger partial charge in [-0.2, -0.15) is 13.2 Å². The fourth-order valence-electron chi connectivity index (χ4n) is 1.13. The lowest BCUT2D eigenvalue weighted by molar-refractivity contribution is -0.138. The number of isocyanates is 1. The second-order valence-electron chi connectivity index (χ2n) is 2.91. The van der Waals surface area contributed by atoms with Gasteiger partial charge >= 0.3 is 6.18 Å². The molecule has 1 rings (SSSR count). The first-order valence-corrected chi connectivity index (χ1v) is 4.02. The average molecular weight is 233 g/mol. The molecule has 0 heterocycles. The molecule has 0 saturated heterocycles. The highest BCUT2D eigenvalue weighted by molar-refractivity contribution is 5.48. The molecule has 4 nitrogen and oxygen atoms in total. The third kappa shape index (κ3) is 2.52. The fourth-order valence-corrected chi connectivity index (χ4v) is 1.13. The van der Waals surface area contributed by atoms with Gasteiger partial charge in [0.25, 0.3) is 0 Å². The van der Waals surface area contributed by atoms with Crippen LogP contribution in [-0.2, 0) is 17.5 Å². The van der Waals surface area contributed by atoms with Crippen molar-refractivity contribution < 1.29 is 28.2 Å². The van der Waals surface area contributed by atoms with Crippen LogP contribution < -0.4 is 0 Å². The van der Waals surface area contributed by atoms with Gasteiger partial charge in [-0.25, -0.2) is 9.79 Å². The summed E-state index contributed by atoms with van der Waals surface area (Å²) >= 11 is 0. The van der Waals surface area contributed by atoms with Crippen molar-refractivity contribution in [3.8, 4) is 11.5 Å². The number of benzene rings is 1. The van der Waals surface area contributed by atoms with E-state index in [0.29, 0.717) is 6.07 Å². The Labute approximate surface area is 87.7 Å². The summed E-state index contributed by atoms with van der Waals surface area (Å²) in [5.41, 5.74) is -1.67. The fraction of sp³-hybridized carbons (Fsp3) is 0.222. The summed E-state index contributed by atoms with van der Waals surface area (Å²) in [6, 6.07) is 1.29. The second kappa shape index (κ2) is 4.24. The normalized spacial score (nSPS) is 10.9. The summed E-state index contributed by atoms with van der Waals surface area (Å²) < 4.78 is 37.1. The predicted molar refractivity (Wildman–Crippen MR) is 46.6 cm³/mol. The van der Waals surface area contributed by atoms with Gasteiger partial charge in [-0.05, 0) is 12.1 Å². The van der Waals surface area contributed by atoms with Gasteiger partial charge in [0, 0.05) is 5.56 Å². The molecular weight excluding hydrogens is 227 g/mol. The highest BCUT2D eigenvalue weighted by Crippen LogP contribution is 2.40. The van der Waals surface area contributed by atoms with Crippen LogP contribution in [0.4, 0.5) is 13.2 Å². The monoisotopic (exact) mass is 233 g/mol. The molecule has 0 aliphatic heterocycles. The largest absolute Gasteiger partial charge is 0.508 e. The standard InChI is InChI=1S/C9H6F3NO3/c10-9(11,12)7-2-6(15)1-5(8(7)16)3-13-4-14/h1-2,15-16H,3H2. The summed E-state index contributed by atoms with van der Waals surface area (Å²) in [7, 11) is 0. The number of hydrogen-bond donors (Lipinski definition) is 2. The van der Waals surface area contributed by atoms with Crippen molar-refractivity contribution in [3.05, 3.63) is 23.3 Å². The number of aliphatic imine (C=N–C) groups is 1. The molecule has 0 fully saturated rings. The maximum absolute atomic E-state index is 12.4. The number of alkyl halides is 3. The van der Waals surface area contributed by atoms with Crippen LogP contribution in [0.3, 0.4) is 0 Å². The first-order valence-electron chi connectivity index (χ1n) is 4.02. The molecular formula is C9H6F3NO3. The van der Waals surface area contributed by atoms with Crippen LogP contribution in [0.15, 0.2) is 17.1 Å². The maximum Gasteiger partial charge on any atom is 0.420 e. The van der Waals surface area contributed by atoms with Crippen LogP contribution in [0.5, 0.6) is 11.5 Å². The molecule has 0 bridgehead atoms. The van der Waals surface area contributed by atoms with E-state index in [0.717, 1.165) is 12.1 Å². The Hall–Kier alpha value is -2.01. The highest BCUT2D eigenvalue weighted by atomic mass is 19.4. The lowest BCUT2D eigenvalue weighted by Gasteiger charge is -2.11. The maximum atomic E-state index is 12.4. The summed E-state index contributed by atoms with van der Waals surface area (Å²) in [5.74, 6) is -1.72. The van der Waals surface area contributed by atoms with Crippen molar-refractivity contribution in [2.45, 2.75) is 12.7 Å². The van der Waals surface area contributed by atoms with Gasteiger partial charge in [-0.3, -0.25) is 0 Å². The van der Waals surface area contributed by atoms with E-state index in [4.69, 9.17) is 5.11 Å². The van der Waals surface area contributed by atoms with Crippen molar-refractivity contribution in [1.82, 2.24) is 0 Å². The number of phenolic OH excluding ortho intramolecular Hbond substituents is 2. The van der Waals surface area contributed by atoms with Crippen molar-refractivity contribution in [2.24, 2.45) is 4.99 Å². The van der Waals surface area contributed by atoms with E-state index in [9.17, 15) is 23.1 Å². The van der Waals surface area contributed by atoms with E-state index in [1.165, 1.54) is 0 Å². The van der Waals surface area contributed by atoms with Crippen molar-refractivity contribution in [2.75, 3.05) is 0 Å². The van der Waals surface area contributed by atoms with Crippen LogP contribution in [0, 0.1) is 0 Å². The van der Waals surface area contributed by atoms with Gasteiger partial charge in [0.2, 0.25) is 6.08 Å². The average Bonchev–Trinajstić information content (AvgIpc) is 2.17. The van der Waals surface area contributed by atoms with Crippen LogP contribution in [0.25, 0.3) is 0 Å². The summed E-state index contributed by atoms with van der Waals surface area (Å²) in [4.78, 5) is 12.8. The van der Waals surface area contributed by atoms with E-state index in [-0.39, 0.29) is 5.56 Å². The number of halogens is 3. The summed E-state index contributed by atoms with van der Waals surface area (Å²) in [6.45, 7) is -0.479. The van der Waals surface area contributed by atoms with Crippen molar-refractivity contribution in [3.63, 3.8) is 0 Å². The summed E-state index contributed by atoms with van der Waals surface area (Å²) in [5, 5.41) is 18.3. The number of rotatable bonds is 2.